The lowest BCUT2D eigenvalue weighted by Crippen LogP contribution is -1.94. The van der Waals surface area contributed by atoms with Crippen molar-refractivity contribution in [3.8, 4) is 5.75 Å². The number of hydrogen-bond acceptors (Lipinski definition) is 1. The number of halogens is 3. The molecule has 1 unspecified atom stereocenters. The van der Waals surface area contributed by atoms with Gasteiger partial charge in [-0.05, 0) is 58.0 Å². The van der Waals surface area contributed by atoms with E-state index in [1.807, 2.05) is 36.4 Å². The second-order valence-electron chi connectivity index (χ2n) is 3.81. The Bertz CT molecular complexity index is 557. The molecule has 0 aliphatic rings. The van der Waals surface area contributed by atoms with Crippen molar-refractivity contribution in [2.45, 2.75) is 5.38 Å². The minimum absolute atomic E-state index is 0.205. The molecule has 1 atom stereocenters. The summed E-state index contributed by atoms with van der Waals surface area (Å²) in [6, 6.07) is 13.7. The number of methoxy groups -OCH3 is 1. The maximum atomic E-state index is 6.47. The zero-order chi connectivity index (χ0) is 13.1. The van der Waals surface area contributed by atoms with E-state index in [0.717, 1.165) is 14.7 Å². The van der Waals surface area contributed by atoms with Crippen molar-refractivity contribution in [1.82, 2.24) is 0 Å². The second-order valence-corrected chi connectivity index (χ2v) is 5.90. The topological polar surface area (TPSA) is 9.23 Å². The molecule has 0 aliphatic carbocycles. The van der Waals surface area contributed by atoms with Gasteiger partial charge >= 0.3 is 0 Å². The third-order valence-corrected chi connectivity index (χ3v) is 4.08. The van der Waals surface area contributed by atoms with Gasteiger partial charge in [-0.25, -0.2) is 0 Å². The smallest absolute Gasteiger partial charge is 0.137 e. The predicted octanol–water partition coefficient (Wildman–Crippen LogP) is 5.28. The SMILES string of the molecule is COc1ccc(C(Cl)c2cccc(I)c2)cc1Cl. The summed E-state index contributed by atoms with van der Waals surface area (Å²) in [5, 5.41) is 0.370. The summed E-state index contributed by atoms with van der Waals surface area (Å²) in [4.78, 5) is 0. The lowest BCUT2D eigenvalue weighted by atomic mass is 10.0. The maximum Gasteiger partial charge on any atom is 0.137 e. The van der Waals surface area contributed by atoms with E-state index in [-0.39, 0.29) is 5.38 Å². The lowest BCUT2D eigenvalue weighted by molar-refractivity contribution is 0.415. The summed E-state index contributed by atoms with van der Waals surface area (Å²) in [5.74, 6) is 0.659. The van der Waals surface area contributed by atoms with Gasteiger partial charge in [0.05, 0.1) is 17.5 Å². The van der Waals surface area contributed by atoms with Gasteiger partial charge in [0.15, 0.2) is 0 Å². The fourth-order valence-electron chi connectivity index (χ4n) is 1.70. The average Bonchev–Trinajstić information content (AvgIpc) is 2.37. The van der Waals surface area contributed by atoms with Crippen molar-refractivity contribution in [2.75, 3.05) is 7.11 Å². The Balaban J connectivity index is 2.34. The Labute approximate surface area is 130 Å². The molecule has 0 bridgehead atoms. The number of alkyl halides is 1. The Morgan fingerprint density at radius 2 is 1.83 bits per heavy atom. The van der Waals surface area contributed by atoms with Gasteiger partial charge in [-0.2, -0.15) is 0 Å². The van der Waals surface area contributed by atoms with Gasteiger partial charge in [0.2, 0.25) is 0 Å². The Morgan fingerprint density at radius 3 is 2.44 bits per heavy atom. The van der Waals surface area contributed by atoms with Crippen molar-refractivity contribution in [3.63, 3.8) is 0 Å². The predicted molar refractivity (Wildman–Crippen MR) is 84.9 cm³/mol. The monoisotopic (exact) mass is 392 g/mol. The molecule has 0 saturated heterocycles. The standard InChI is InChI=1S/C14H11Cl2IO/c1-18-13-6-5-10(8-12(13)15)14(16)9-3-2-4-11(17)7-9/h2-8,14H,1H3. The van der Waals surface area contributed by atoms with Crippen LogP contribution in [0.3, 0.4) is 0 Å². The van der Waals surface area contributed by atoms with Crippen LogP contribution < -0.4 is 4.74 Å². The van der Waals surface area contributed by atoms with Crippen LogP contribution in [0.4, 0.5) is 0 Å². The molecule has 0 saturated carbocycles. The highest BCUT2D eigenvalue weighted by molar-refractivity contribution is 14.1. The van der Waals surface area contributed by atoms with Gasteiger partial charge in [0, 0.05) is 3.57 Å². The molecule has 2 aromatic rings. The Morgan fingerprint density at radius 1 is 1.11 bits per heavy atom. The maximum absolute atomic E-state index is 6.47. The van der Waals surface area contributed by atoms with Gasteiger partial charge in [0.1, 0.15) is 5.75 Å². The molecule has 94 valence electrons. The van der Waals surface area contributed by atoms with Crippen LogP contribution >= 0.6 is 45.8 Å². The average molecular weight is 393 g/mol. The zero-order valence-corrected chi connectivity index (χ0v) is 13.3. The minimum atomic E-state index is -0.205. The van der Waals surface area contributed by atoms with E-state index >= 15 is 0 Å². The second kappa shape index (κ2) is 6.13. The largest absolute Gasteiger partial charge is 0.495 e. The number of hydrogen-bond donors (Lipinski definition) is 0. The third-order valence-electron chi connectivity index (χ3n) is 2.61. The Kier molecular flexibility index (Phi) is 4.76. The molecular formula is C14H11Cl2IO. The van der Waals surface area contributed by atoms with E-state index in [2.05, 4.69) is 28.7 Å². The van der Waals surface area contributed by atoms with Crippen LogP contribution in [0.5, 0.6) is 5.75 Å². The first-order valence-electron chi connectivity index (χ1n) is 5.35. The molecule has 4 heteroatoms. The first-order chi connectivity index (χ1) is 8.61. The molecule has 2 rings (SSSR count). The van der Waals surface area contributed by atoms with Crippen LogP contribution in [0, 0.1) is 3.57 Å². The van der Waals surface area contributed by atoms with Gasteiger partial charge in [-0.3, -0.25) is 0 Å². The van der Waals surface area contributed by atoms with Crippen molar-refractivity contribution in [3.05, 3.63) is 62.2 Å². The first kappa shape index (κ1) is 14.0. The van der Waals surface area contributed by atoms with Crippen LogP contribution in [-0.2, 0) is 0 Å². The highest BCUT2D eigenvalue weighted by Gasteiger charge is 2.13. The number of rotatable bonds is 3. The highest BCUT2D eigenvalue weighted by atomic mass is 127. The summed E-state index contributed by atoms with van der Waals surface area (Å²) < 4.78 is 6.29. The molecule has 2 aromatic carbocycles. The molecule has 18 heavy (non-hydrogen) atoms. The molecule has 0 N–H and O–H groups in total. The molecule has 0 amide bonds. The van der Waals surface area contributed by atoms with E-state index in [0.29, 0.717) is 10.8 Å². The van der Waals surface area contributed by atoms with Crippen LogP contribution in [-0.4, -0.2) is 7.11 Å². The van der Waals surface area contributed by atoms with E-state index in [4.69, 9.17) is 27.9 Å². The first-order valence-corrected chi connectivity index (χ1v) is 7.24. The van der Waals surface area contributed by atoms with E-state index < -0.39 is 0 Å². The number of ether oxygens (including phenoxy) is 1. The van der Waals surface area contributed by atoms with Crippen LogP contribution in [0.15, 0.2) is 42.5 Å². The van der Waals surface area contributed by atoms with E-state index in [9.17, 15) is 0 Å². The minimum Gasteiger partial charge on any atom is -0.495 e. The van der Waals surface area contributed by atoms with Gasteiger partial charge in [-0.15, -0.1) is 11.6 Å². The van der Waals surface area contributed by atoms with Gasteiger partial charge in [-0.1, -0.05) is 29.8 Å². The molecular weight excluding hydrogens is 382 g/mol. The van der Waals surface area contributed by atoms with Crippen LogP contribution in [0.1, 0.15) is 16.5 Å². The van der Waals surface area contributed by atoms with Gasteiger partial charge < -0.3 is 4.74 Å². The summed E-state index contributed by atoms with van der Waals surface area (Å²) in [6.45, 7) is 0. The highest BCUT2D eigenvalue weighted by Crippen LogP contribution is 2.34. The lowest BCUT2D eigenvalue weighted by Gasteiger charge is -2.12. The zero-order valence-electron chi connectivity index (χ0n) is 9.66. The van der Waals surface area contributed by atoms with Crippen molar-refractivity contribution in [1.29, 1.82) is 0 Å². The molecule has 0 aliphatic heterocycles. The molecule has 0 radical (unpaired) electrons. The van der Waals surface area contributed by atoms with Crippen molar-refractivity contribution in [2.24, 2.45) is 0 Å². The third kappa shape index (κ3) is 3.11. The Hall–Kier alpha value is -0.450. The van der Waals surface area contributed by atoms with Crippen molar-refractivity contribution < 1.29 is 4.74 Å². The molecule has 0 heterocycles. The molecule has 0 fully saturated rings. The van der Waals surface area contributed by atoms with E-state index in [1.54, 1.807) is 7.11 Å². The molecule has 1 nitrogen and oxygen atoms in total. The quantitative estimate of drug-likeness (QED) is 0.510. The summed E-state index contributed by atoms with van der Waals surface area (Å²) in [5.41, 5.74) is 2.02. The van der Waals surface area contributed by atoms with Crippen LogP contribution in [0.2, 0.25) is 5.02 Å². The molecule has 0 spiro atoms. The number of benzene rings is 2. The van der Waals surface area contributed by atoms with Gasteiger partial charge in [0.25, 0.3) is 0 Å². The summed E-state index contributed by atoms with van der Waals surface area (Å²) in [7, 11) is 1.60. The summed E-state index contributed by atoms with van der Waals surface area (Å²) >= 11 is 14.8. The van der Waals surface area contributed by atoms with E-state index in [1.165, 1.54) is 0 Å². The fraction of sp³-hybridized carbons (Fsp3) is 0.143. The van der Waals surface area contributed by atoms with Crippen LogP contribution in [0.25, 0.3) is 0 Å². The fourth-order valence-corrected chi connectivity index (χ4v) is 2.80. The van der Waals surface area contributed by atoms with Crippen molar-refractivity contribution >= 4 is 45.8 Å². The normalized spacial score (nSPS) is 12.2. The molecule has 0 aromatic heterocycles. The summed E-state index contributed by atoms with van der Waals surface area (Å²) in [6.07, 6.45) is 0.